The molecule has 0 radical (unpaired) electrons. The molecule has 1 unspecified atom stereocenters. The molecular formula is C15H19NO3. The largest absolute Gasteiger partial charge is 0.493 e. The molecule has 1 aromatic carbocycles. The van der Waals surface area contributed by atoms with Crippen LogP contribution in [0.15, 0.2) is 41.0 Å². The van der Waals surface area contributed by atoms with Crippen LogP contribution in [0, 0.1) is 0 Å². The van der Waals surface area contributed by atoms with Gasteiger partial charge < -0.3 is 19.2 Å². The number of methoxy groups -OCH3 is 1. The van der Waals surface area contributed by atoms with Crippen LogP contribution in [-0.4, -0.2) is 13.7 Å². The Morgan fingerprint density at radius 3 is 2.74 bits per heavy atom. The molecule has 1 N–H and O–H groups in total. The Hall–Kier alpha value is -2.10. The zero-order chi connectivity index (χ0) is 13.7. The van der Waals surface area contributed by atoms with Gasteiger partial charge in [-0.15, -0.1) is 0 Å². The summed E-state index contributed by atoms with van der Waals surface area (Å²) < 4.78 is 16.2. The van der Waals surface area contributed by atoms with Crippen molar-refractivity contribution in [1.29, 1.82) is 0 Å². The monoisotopic (exact) mass is 261 g/mol. The molecule has 0 bridgehead atoms. The highest BCUT2D eigenvalue weighted by atomic mass is 16.5. The van der Waals surface area contributed by atoms with Crippen molar-refractivity contribution in [3.63, 3.8) is 0 Å². The molecule has 2 aromatic rings. The van der Waals surface area contributed by atoms with Gasteiger partial charge in [0.25, 0.3) is 0 Å². The normalized spacial score (nSPS) is 11.9. The van der Waals surface area contributed by atoms with Crippen molar-refractivity contribution in [2.24, 2.45) is 0 Å². The van der Waals surface area contributed by atoms with Crippen LogP contribution in [-0.2, 0) is 0 Å². The maximum Gasteiger partial charge on any atom is 0.162 e. The fourth-order valence-electron chi connectivity index (χ4n) is 1.89. The van der Waals surface area contributed by atoms with E-state index in [0.29, 0.717) is 6.61 Å². The standard InChI is InChI=1S/C15H19NO3/c1-4-18-14-8-7-12(10-15(14)17-3)16-11(2)13-6-5-9-19-13/h5-11,16H,4H2,1-3H3. The van der Waals surface area contributed by atoms with Crippen LogP contribution in [0.4, 0.5) is 5.69 Å². The number of hydrogen-bond donors (Lipinski definition) is 1. The Bertz CT molecular complexity index is 508. The predicted octanol–water partition coefficient (Wildman–Crippen LogP) is 3.86. The molecule has 0 spiro atoms. The van der Waals surface area contributed by atoms with Gasteiger partial charge in [-0.1, -0.05) is 0 Å². The summed E-state index contributed by atoms with van der Waals surface area (Å²) in [5.41, 5.74) is 0.962. The maximum absolute atomic E-state index is 5.49. The minimum atomic E-state index is 0.0950. The third-order valence-corrected chi connectivity index (χ3v) is 2.82. The fourth-order valence-corrected chi connectivity index (χ4v) is 1.89. The molecule has 1 heterocycles. The first-order valence-corrected chi connectivity index (χ1v) is 6.35. The Morgan fingerprint density at radius 2 is 2.11 bits per heavy atom. The van der Waals surface area contributed by atoms with E-state index in [1.165, 1.54) is 0 Å². The average Bonchev–Trinajstić information content (AvgIpc) is 2.94. The third kappa shape index (κ3) is 3.22. The van der Waals surface area contributed by atoms with E-state index in [0.717, 1.165) is 22.9 Å². The summed E-state index contributed by atoms with van der Waals surface area (Å²) in [6.07, 6.45) is 1.67. The van der Waals surface area contributed by atoms with E-state index in [4.69, 9.17) is 13.9 Å². The van der Waals surface area contributed by atoms with Gasteiger partial charge in [-0.05, 0) is 38.1 Å². The van der Waals surface area contributed by atoms with Crippen molar-refractivity contribution in [3.8, 4) is 11.5 Å². The molecule has 0 aliphatic carbocycles. The van der Waals surface area contributed by atoms with Crippen molar-refractivity contribution in [3.05, 3.63) is 42.4 Å². The second kappa shape index (κ2) is 6.18. The number of nitrogens with one attached hydrogen (secondary N) is 1. The SMILES string of the molecule is CCOc1ccc(NC(C)c2ccco2)cc1OC. The Balaban J connectivity index is 2.12. The summed E-state index contributed by atoms with van der Waals surface area (Å²) in [5, 5.41) is 3.36. The summed E-state index contributed by atoms with van der Waals surface area (Å²) >= 11 is 0. The van der Waals surface area contributed by atoms with E-state index in [9.17, 15) is 0 Å². The topological polar surface area (TPSA) is 43.6 Å². The summed E-state index contributed by atoms with van der Waals surface area (Å²) in [6.45, 7) is 4.61. The number of ether oxygens (including phenoxy) is 2. The molecule has 4 heteroatoms. The van der Waals surface area contributed by atoms with Crippen molar-refractivity contribution in [2.45, 2.75) is 19.9 Å². The van der Waals surface area contributed by atoms with Gasteiger partial charge in [0.2, 0.25) is 0 Å². The molecule has 102 valence electrons. The van der Waals surface area contributed by atoms with E-state index < -0.39 is 0 Å². The van der Waals surface area contributed by atoms with E-state index in [-0.39, 0.29) is 6.04 Å². The van der Waals surface area contributed by atoms with Gasteiger partial charge in [0.05, 0.1) is 26.0 Å². The highest BCUT2D eigenvalue weighted by molar-refractivity contribution is 5.55. The molecule has 0 aliphatic heterocycles. The Labute approximate surface area is 113 Å². The Kier molecular flexibility index (Phi) is 4.34. The lowest BCUT2D eigenvalue weighted by molar-refractivity contribution is 0.311. The minimum absolute atomic E-state index is 0.0950. The first kappa shape index (κ1) is 13.3. The van der Waals surface area contributed by atoms with Crippen LogP contribution in [0.25, 0.3) is 0 Å². The number of hydrogen-bond acceptors (Lipinski definition) is 4. The van der Waals surface area contributed by atoms with Gasteiger partial charge in [-0.2, -0.15) is 0 Å². The molecule has 1 aromatic heterocycles. The van der Waals surface area contributed by atoms with Crippen molar-refractivity contribution in [1.82, 2.24) is 0 Å². The van der Waals surface area contributed by atoms with Crippen LogP contribution in [0.1, 0.15) is 25.6 Å². The first-order valence-electron chi connectivity index (χ1n) is 6.35. The van der Waals surface area contributed by atoms with Gasteiger partial charge in [0, 0.05) is 11.8 Å². The lowest BCUT2D eigenvalue weighted by Crippen LogP contribution is -2.06. The van der Waals surface area contributed by atoms with Gasteiger partial charge in [-0.25, -0.2) is 0 Å². The van der Waals surface area contributed by atoms with Crippen molar-refractivity contribution >= 4 is 5.69 Å². The number of benzene rings is 1. The Morgan fingerprint density at radius 1 is 1.26 bits per heavy atom. The molecule has 19 heavy (non-hydrogen) atoms. The van der Waals surface area contributed by atoms with E-state index in [1.807, 2.05) is 44.2 Å². The molecule has 2 rings (SSSR count). The number of anilines is 1. The lowest BCUT2D eigenvalue weighted by Gasteiger charge is -2.15. The summed E-state index contributed by atoms with van der Waals surface area (Å²) in [4.78, 5) is 0. The minimum Gasteiger partial charge on any atom is -0.493 e. The van der Waals surface area contributed by atoms with Crippen molar-refractivity contribution < 1.29 is 13.9 Å². The summed E-state index contributed by atoms with van der Waals surface area (Å²) in [5.74, 6) is 2.37. The number of furan rings is 1. The molecular weight excluding hydrogens is 242 g/mol. The number of rotatable bonds is 6. The zero-order valence-corrected chi connectivity index (χ0v) is 11.5. The molecule has 0 amide bonds. The molecule has 4 nitrogen and oxygen atoms in total. The highest BCUT2D eigenvalue weighted by Gasteiger charge is 2.10. The van der Waals surface area contributed by atoms with Crippen LogP contribution in [0.2, 0.25) is 0 Å². The second-order valence-corrected chi connectivity index (χ2v) is 4.18. The lowest BCUT2D eigenvalue weighted by atomic mass is 10.2. The first-order chi connectivity index (χ1) is 9.24. The average molecular weight is 261 g/mol. The second-order valence-electron chi connectivity index (χ2n) is 4.18. The fraction of sp³-hybridized carbons (Fsp3) is 0.333. The molecule has 1 atom stereocenters. The summed E-state index contributed by atoms with van der Waals surface area (Å²) in [7, 11) is 1.64. The molecule has 0 aliphatic rings. The third-order valence-electron chi connectivity index (χ3n) is 2.82. The van der Waals surface area contributed by atoms with Crippen molar-refractivity contribution in [2.75, 3.05) is 19.0 Å². The summed E-state index contributed by atoms with van der Waals surface area (Å²) in [6, 6.07) is 9.71. The van der Waals surface area contributed by atoms with E-state index in [2.05, 4.69) is 5.32 Å². The maximum atomic E-state index is 5.49. The van der Waals surface area contributed by atoms with E-state index in [1.54, 1.807) is 13.4 Å². The quantitative estimate of drug-likeness (QED) is 0.857. The van der Waals surface area contributed by atoms with Crippen LogP contribution in [0.3, 0.4) is 0 Å². The molecule has 0 saturated carbocycles. The molecule has 0 saturated heterocycles. The van der Waals surface area contributed by atoms with Gasteiger partial charge >= 0.3 is 0 Å². The van der Waals surface area contributed by atoms with Gasteiger partial charge in [0.15, 0.2) is 11.5 Å². The van der Waals surface area contributed by atoms with E-state index >= 15 is 0 Å². The smallest absolute Gasteiger partial charge is 0.162 e. The van der Waals surface area contributed by atoms with Gasteiger partial charge in [-0.3, -0.25) is 0 Å². The van der Waals surface area contributed by atoms with Gasteiger partial charge in [0.1, 0.15) is 5.76 Å². The predicted molar refractivity (Wildman–Crippen MR) is 74.9 cm³/mol. The highest BCUT2D eigenvalue weighted by Crippen LogP contribution is 2.31. The zero-order valence-electron chi connectivity index (χ0n) is 11.5. The van der Waals surface area contributed by atoms with Crippen LogP contribution < -0.4 is 14.8 Å². The van der Waals surface area contributed by atoms with Crippen LogP contribution in [0.5, 0.6) is 11.5 Å². The van der Waals surface area contributed by atoms with Crippen LogP contribution >= 0.6 is 0 Å². The molecule has 0 fully saturated rings.